The van der Waals surface area contributed by atoms with Crippen molar-refractivity contribution in [3.05, 3.63) is 60.9 Å². The lowest BCUT2D eigenvalue weighted by atomic mass is 10.1. The van der Waals surface area contributed by atoms with Gasteiger partial charge in [0.1, 0.15) is 0 Å². The van der Waals surface area contributed by atoms with Crippen molar-refractivity contribution in [3.8, 4) is 0 Å². The van der Waals surface area contributed by atoms with Crippen LogP contribution in [0.1, 0.15) is 0 Å². The smallest absolute Gasteiger partial charge is 0.0733 e. The SMILES string of the molecule is CN1CCN(c2ccc3c(Sc4ccnc5cc(N6CCN(C)CC6)ccc45)ccnc3c2)CC1. The molecule has 2 fully saturated rings. The first-order chi connectivity index (χ1) is 17.1. The summed E-state index contributed by atoms with van der Waals surface area (Å²) in [4.78, 5) is 21.6. The number of fused-ring (bicyclic) bond motifs is 2. The van der Waals surface area contributed by atoms with E-state index in [9.17, 15) is 0 Å². The second-order valence-corrected chi connectivity index (χ2v) is 10.8. The Morgan fingerprint density at radius 3 is 1.43 bits per heavy atom. The summed E-state index contributed by atoms with van der Waals surface area (Å²) in [7, 11) is 4.39. The summed E-state index contributed by atoms with van der Waals surface area (Å²) in [6.45, 7) is 8.68. The molecule has 0 aliphatic carbocycles. The van der Waals surface area contributed by atoms with Crippen molar-refractivity contribution >= 4 is 44.9 Å². The van der Waals surface area contributed by atoms with E-state index in [1.54, 1.807) is 0 Å². The Kier molecular flexibility index (Phi) is 6.22. The van der Waals surface area contributed by atoms with E-state index >= 15 is 0 Å². The van der Waals surface area contributed by atoms with Crippen LogP contribution in [0, 0.1) is 0 Å². The number of benzene rings is 2. The highest BCUT2D eigenvalue weighted by atomic mass is 32.2. The summed E-state index contributed by atoms with van der Waals surface area (Å²) in [6.07, 6.45) is 3.88. The van der Waals surface area contributed by atoms with E-state index in [0.717, 1.165) is 63.4 Å². The monoisotopic (exact) mass is 484 g/mol. The van der Waals surface area contributed by atoms with Crippen LogP contribution < -0.4 is 9.80 Å². The number of anilines is 2. The number of nitrogens with zero attached hydrogens (tertiary/aromatic N) is 6. The zero-order valence-electron chi connectivity index (χ0n) is 20.5. The number of rotatable bonds is 4. The fraction of sp³-hybridized carbons (Fsp3) is 0.357. The first kappa shape index (κ1) is 22.6. The van der Waals surface area contributed by atoms with E-state index in [-0.39, 0.29) is 0 Å². The molecule has 6 nitrogen and oxygen atoms in total. The lowest BCUT2D eigenvalue weighted by Gasteiger charge is -2.34. The van der Waals surface area contributed by atoms with Crippen LogP contribution in [0.4, 0.5) is 11.4 Å². The number of aromatic nitrogens is 2. The minimum atomic E-state index is 1.06. The molecule has 0 bridgehead atoms. The average molecular weight is 485 g/mol. The van der Waals surface area contributed by atoms with E-state index in [4.69, 9.17) is 9.97 Å². The molecule has 0 radical (unpaired) electrons. The lowest BCUT2D eigenvalue weighted by Crippen LogP contribution is -2.44. The Labute approximate surface area is 211 Å². The molecule has 6 rings (SSSR count). The first-order valence-electron chi connectivity index (χ1n) is 12.5. The molecule has 2 aliphatic heterocycles. The number of pyridine rings is 2. The summed E-state index contributed by atoms with van der Waals surface area (Å²) in [5.74, 6) is 0. The van der Waals surface area contributed by atoms with Crippen molar-refractivity contribution in [3.63, 3.8) is 0 Å². The first-order valence-corrected chi connectivity index (χ1v) is 13.3. The predicted octanol–water partition coefficient (Wildman–Crippen LogP) is 4.44. The molecule has 0 atom stereocenters. The number of piperazine rings is 2. The minimum absolute atomic E-state index is 1.06. The zero-order chi connectivity index (χ0) is 23.8. The van der Waals surface area contributed by atoms with Crippen molar-refractivity contribution in [2.45, 2.75) is 9.79 Å². The van der Waals surface area contributed by atoms with Crippen LogP contribution in [0.15, 0.2) is 70.7 Å². The van der Waals surface area contributed by atoms with E-state index in [1.165, 1.54) is 31.9 Å². The van der Waals surface area contributed by atoms with Crippen LogP contribution in [0.2, 0.25) is 0 Å². The molecular formula is C28H32N6S. The van der Waals surface area contributed by atoms with Crippen molar-refractivity contribution in [2.75, 3.05) is 76.3 Å². The molecule has 35 heavy (non-hydrogen) atoms. The molecule has 0 unspecified atom stereocenters. The third-order valence-corrected chi connectivity index (χ3v) is 8.48. The van der Waals surface area contributed by atoms with Gasteiger partial charge < -0.3 is 19.6 Å². The van der Waals surface area contributed by atoms with Gasteiger partial charge in [-0.2, -0.15) is 0 Å². The highest BCUT2D eigenvalue weighted by Gasteiger charge is 2.17. The predicted molar refractivity (Wildman–Crippen MR) is 147 cm³/mol. The molecule has 4 aromatic rings. The van der Waals surface area contributed by atoms with E-state index < -0.39 is 0 Å². The van der Waals surface area contributed by atoms with Gasteiger partial charge in [-0.25, -0.2) is 0 Å². The largest absolute Gasteiger partial charge is 0.369 e. The highest BCUT2D eigenvalue weighted by molar-refractivity contribution is 7.99. The quantitative estimate of drug-likeness (QED) is 0.424. The number of hydrogen-bond acceptors (Lipinski definition) is 7. The van der Waals surface area contributed by atoms with E-state index in [0.29, 0.717) is 0 Å². The summed E-state index contributed by atoms with van der Waals surface area (Å²) in [5, 5.41) is 2.41. The van der Waals surface area contributed by atoms with Crippen LogP contribution in [0.5, 0.6) is 0 Å². The van der Waals surface area contributed by atoms with Crippen molar-refractivity contribution in [2.24, 2.45) is 0 Å². The maximum absolute atomic E-state index is 4.71. The Hall–Kier alpha value is -2.87. The van der Waals surface area contributed by atoms with E-state index in [1.807, 2.05) is 24.2 Å². The molecule has 0 N–H and O–H groups in total. The standard InChI is InChI=1S/C28H32N6S/c1-31-11-15-33(16-12-31)21-3-5-23-25(19-21)29-9-7-27(23)35-28-8-10-30-26-20-22(4-6-24(26)28)34-17-13-32(2)14-18-34/h3-10,19-20H,11-18H2,1-2H3. The van der Waals surface area contributed by atoms with Gasteiger partial charge in [-0.1, -0.05) is 11.8 Å². The maximum Gasteiger partial charge on any atom is 0.0733 e. The fourth-order valence-electron chi connectivity index (χ4n) is 5.04. The highest BCUT2D eigenvalue weighted by Crippen LogP contribution is 2.38. The van der Waals surface area contributed by atoms with Gasteiger partial charge in [0.05, 0.1) is 11.0 Å². The van der Waals surface area contributed by atoms with Crippen molar-refractivity contribution < 1.29 is 0 Å². The van der Waals surface area contributed by atoms with Gasteiger partial charge in [-0.05, 0) is 62.6 Å². The summed E-state index contributed by atoms with van der Waals surface area (Å²) >= 11 is 1.81. The normalized spacial score (nSPS) is 18.0. The van der Waals surface area contributed by atoms with Crippen molar-refractivity contribution in [1.29, 1.82) is 0 Å². The van der Waals surface area contributed by atoms with Gasteiger partial charge in [0, 0.05) is 96.7 Å². The Balaban J connectivity index is 1.28. The van der Waals surface area contributed by atoms with Crippen LogP contribution in [-0.2, 0) is 0 Å². The minimum Gasteiger partial charge on any atom is -0.369 e. The second kappa shape index (κ2) is 9.64. The average Bonchev–Trinajstić information content (AvgIpc) is 2.89. The molecule has 7 heteroatoms. The zero-order valence-corrected chi connectivity index (χ0v) is 21.3. The van der Waals surface area contributed by atoms with Crippen molar-refractivity contribution in [1.82, 2.24) is 19.8 Å². The third kappa shape index (κ3) is 4.68. The fourth-order valence-corrected chi connectivity index (χ4v) is 6.10. The molecule has 180 valence electrons. The molecule has 0 spiro atoms. The number of hydrogen-bond donors (Lipinski definition) is 0. The van der Waals surface area contributed by atoms with E-state index in [2.05, 4.69) is 82.2 Å². The molecule has 2 saturated heterocycles. The lowest BCUT2D eigenvalue weighted by molar-refractivity contribution is 0.313. The molecule has 2 aromatic carbocycles. The Morgan fingerprint density at radius 1 is 0.571 bits per heavy atom. The van der Waals surface area contributed by atoms with Gasteiger partial charge in [-0.3, -0.25) is 9.97 Å². The third-order valence-electron chi connectivity index (χ3n) is 7.33. The van der Waals surface area contributed by atoms with Gasteiger partial charge in [0.25, 0.3) is 0 Å². The summed E-state index contributed by atoms with van der Waals surface area (Å²) < 4.78 is 0. The Morgan fingerprint density at radius 2 is 1.00 bits per heavy atom. The molecule has 2 aromatic heterocycles. The van der Waals surface area contributed by atoms with Crippen LogP contribution >= 0.6 is 11.8 Å². The van der Waals surface area contributed by atoms with Gasteiger partial charge in [0.15, 0.2) is 0 Å². The van der Waals surface area contributed by atoms with Crippen LogP contribution in [0.25, 0.3) is 21.8 Å². The van der Waals surface area contributed by atoms with Crippen LogP contribution in [-0.4, -0.2) is 86.2 Å². The number of likely N-dealkylation sites (N-methyl/N-ethyl adjacent to an activating group) is 2. The van der Waals surface area contributed by atoms with Gasteiger partial charge in [-0.15, -0.1) is 0 Å². The topological polar surface area (TPSA) is 38.7 Å². The van der Waals surface area contributed by atoms with Gasteiger partial charge in [0.2, 0.25) is 0 Å². The summed E-state index contributed by atoms with van der Waals surface area (Å²) in [6, 6.07) is 17.8. The maximum atomic E-state index is 4.71. The Bertz CT molecular complexity index is 1240. The second-order valence-electron chi connectivity index (χ2n) is 9.70. The van der Waals surface area contributed by atoms with Gasteiger partial charge >= 0.3 is 0 Å². The molecule has 4 heterocycles. The molecule has 0 saturated carbocycles. The molecule has 2 aliphatic rings. The van der Waals surface area contributed by atoms with Crippen LogP contribution in [0.3, 0.4) is 0 Å². The molecular weight excluding hydrogens is 452 g/mol. The summed E-state index contributed by atoms with van der Waals surface area (Å²) in [5.41, 5.74) is 4.65. The molecule has 0 amide bonds.